The second-order valence-corrected chi connectivity index (χ2v) is 5.14. The van der Waals surface area contributed by atoms with Crippen molar-refractivity contribution >= 4 is 24.0 Å². The fourth-order valence-corrected chi connectivity index (χ4v) is 2.59. The molecule has 1 aromatic carbocycles. The van der Waals surface area contributed by atoms with Gasteiger partial charge in [-0.25, -0.2) is 9.97 Å². The average molecular weight is 319 g/mol. The molecular weight excluding hydrogens is 300 g/mol. The zero-order chi connectivity index (χ0) is 14.7. The molecule has 0 spiro atoms. The van der Waals surface area contributed by atoms with Crippen LogP contribution in [0.3, 0.4) is 0 Å². The van der Waals surface area contributed by atoms with Gasteiger partial charge in [-0.1, -0.05) is 6.07 Å². The number of carbonyl (C=O) groups excluding carboxylic acids is 1. The molecule has 0 unspecified atom stereocenters. The first kappa shape index (κ1) is 16.2. The van der Waals surface area contributed by atoms with E-state index in [1.807, 2.05) is 31.2 Å². The fraction of sp³-hybridized carbons (Fsp3) is 0.312. The van der Waals surface area contributed by atoms with E-state index in [1.54, 1.807) is 6.20 Å². The molecule has 116 valence electrons. The second kappa shape index (κ2) is 7.22. The van der Waals surface area contributed by atoms with Crippen molar-refractivity contribution in [1.29, 1.82) is 0 Å². The zero-order valence-electron chi connectivity index (χ0n) is 12.4. The third-order valence-corrected chi connectivity index (χ3v) is 3.60. The summed E-state index contributed by atoms with van der Waals surface area (Å²) in [5.74, 6) is 0.662. The third-order valence-electron chi connectivity index (χ3n) is 3.60. The number of benzene rings is 1. The Labute approximate surface area is 136 Å². The summed E-state index contributed by atoms with van der Waals surface area (Å²) in [6.45, 7) is 3.22. The number of aryl methyl sites for hydroxylation is 1. The predicted molar refractivity (Wildman–Crippen MR) is 88.4 cm³/mol. The normalized spacial score (nSPS) is 12.6. The van der Waals surface area contributed by atoms with Crippen molar-refractivity contribution in [1.82, 2.24) is 15.3 Å². The smallest absolute Gasteiger partial charge is 0.251 e. The monoisotopic (exact) mass is 318 g/mol. The minimum Gasteiger partial charge on any atom is -0.385 e. The summed E-state index contributed by atoms with van der Waals surface area (Å²) in [5, 5.41) is 6.27. The maximum absolute atomic E-state index is 12.4. The van der Waals surface area contributed by atoms with Crippen molar-refractivity contribution < 1.29 is 4.79 Å². The Kier molecular flexibility index (Phi) is 5.33. The molecule has 0 atom stereocenters. The Morgan fingerprint density at radius 2 is 2.23 bits per heavy atom. The number of nitrogens with one attached hydrogen (secondary N) is 2. The molecule has 2 aromatic rings. The first-order valence-corrected chi connectivity index (χ1v) is 7.16. The first-order valence-electron chi connectivity index (χ1n) is 7.16. The molecular formula is C16H19ClN4O. The average Bonchev–Trinajstić information content (AvgIpc) is 2.52. The van der Waals surface area contributed by atoms with Crippen LogP contribution in [0.1, 0.15) is 33.9 Å². The highest BCUT2D eigenvalue weighted by Gasteiger charge is 2.17. The Morgan fingerprint density at radius 3 is 3.05 bits per heavy atom. The molecule has 0 bridgehead atoms. The van der Waals surface area contributed by atoms with Crippen molar-refractivity contribution in [3.8, 4) is 0 Å². The molecule has 0 saturated carbocycles. The van der Waals surface area contributed by atoms with Crippen LogP contribution in [0.4, 0.5) is 5.69 Å². The van der Waals surface area contributed by atoms with E-state index in [0.29, 0.717) is 12.4 Å². The molecule has 0 aliphatic carbocycles. The van der Waals surface area contributed by atoms with Gasteiger partial charge in [0.25, 0.3) is 5.91 Å². The van der Waals surface area contributed by atoms with Gasteiger partial charge < -0.3 is 10.6 Å². The van der Waals surface area contributed by atoms with Crippen LogP contribution in [0.15, 0.2) is 30.5 Å². The van der Waals surface area contributed by atoms with E-state index in [9.17, 15) is 4.79 Å². The highest BCUT2D eigenvalue weighted by atomic mass is 35.5. The van der Waals surface area contributed by atoms with Gasteiger partial charge in [-0.2, -0.15) is 0 Å². The number of carbonyl (C=O) groups is 1. The van der Waals surface area contributed by atoms with E-state index in [0.717, 1.165) is 41.9 Å². The fourth-order valence-electron chi connectivity index (χ4n) is 2.59. The standard InChI is InChI=1S/C16H18N4O.ClH/c1-11-17-9-7-12(20-11)10-19-16(21)14-4-2-6-15-13(14)5-3-8-18-15;/h2,4,6-7,9,18H,3,5,8,10H2,1H3,(H,19,21);1H. The van der Waals surface area contributed by atoms with Gasteiger partial charge in [0.15, 0.2) is 0 Å². The highest BCUT2D eigenvalue weighted by Crippen LogP contribution is 2.25. The highest BCUT2D eigenvalue weighted by molar-refractivity contribution is 5.97. The van der Waals surface area contributed by atoms with Gasteiger partial charge in [0.2, 0.25) is 0 Å². The number of anilines is 1. The van der Waals surface area contributed by atoms with Crippen molar-refractivity contribution in [2.24, 2.45) is 0 Å². The van der Waals surface area contributed by atoms with Crippen molar-refractivity contribution in [3.63, 3.8) is 0 Å². The Bertz CT molecular complexity index is 675. The lowest BCUT2D eigenvalue weighted by molar-refractivity contribution is 0.0949. The number of halogens is 1. The van der Waals surface area contributed by atoms with Crippen LogP contribution >= 0.6 is 12.4 Å². The molecule has 22 heavy (non-hydrogen) atoms. The van der Waals surface area contributed by atoms with Crippen LogP contribution in [0.2, 0.25) is 0 Å². The first-order chi connectivity index (χ1) is 10.2. The lowest BCUT2D eigenvalue weighted by atomic mass is 9.97. The van der Waals surface area contributed by atoms with Gasteiger partial charge in [0, 0.05) is 24.0 Å². The number of hydrogen-bond donors (Lipinski definition) is 2. The summed E-state index contributed by atoms with van der Waals surface area (Å²) in [6.07, 6.45) is 3.71. The predicted octanol–water partition coefficient (Wildman–Crippen LogP) is 2.49. The van der Waals surface area contributed by atoms with E-state index in [-0.39, 0.29) is 18.3 Å². The van der Waals surface area contributed by atoms with Gasteiger partial charge in [0.1, 0.15) is 5.82 Å². The van der Waals surface area contributed by atoms with Gasteiger partial charge >= 0.3 is 0 Å². The van der Waals surface area contributed by atoms with Gasteiger partial charge in [-0.05, 0) is 43.5 Å². The van der Waals surface area contributed by atoms with Crippen LogP contribution in [0, 0.1) is 6.92 Å². The molecule has 0 saturated heterocycles. The van der Waals surface area contributed by atoms with Crippen molar-refractivity contribution in [2.45, 2.75) is 26.3 Å². The van der Waals surface area contributed by atoms with E-state index in [2.05, 4.69) is 20.6 Å². The van der Waals surface area contributed by atoms with Gasteiger partial charge in [-0.15, -0.1) is 12.4 Å². The maximum Gasteiger partial charge on any atom is 0.251 e. The maximum atomic E-state index is 12.4. The zero-order valence-corrected chi connectivity index (χ0v) is 13.2. The van der Waals surface area contributed by atoms with Crippen molar-refractivity contribution in [3.05, 3.63) is 53.1 Å². The lowest BCUT2D eigenvalue weighted by Crippen LogP contribution is -2.26. The minimum absolute atomic E-state index is 0. The molecule has 1 aliphatic rings. The topological polar surface area (TPSA) is 66.9 Å². The SMILES string of the molecule is Cc1nccc(CNC(=O)c2cccc3c2CCCN3)n1.Cl. The molecule has 6 heteroatoms. The van der Waals surface area contributed by atoms with Crippen LogP contribution in [0.25, 0.3) is 0 Å². The molecule has 0 radical (unpaired) electrons. The number of amides is 1. The van der Waals surface area contributed by atoms with Crippen LogP contribution in [-0.4, -0.2) is 22.4 Å². The number of hydrogen-bond acceptors (Lipinski definition) is 4. The molecule has 2 N–H and O–H groups in total. The van der Waals surface area contributed by atoms with Gasteiger partial charge in [0.05, 0.1) is 12.2 Å². The Balaban J connectivity index is 0.00000176. The van der Waals surface area contributed by atoms with Crippen LogP contribution in [0.5, 0.6) is 0 Å². The molecule has 5 nitrogen and oxygen atoms in total. The van der Waals surface area contributed by atoms with Gasteiger partial charge in [-0.3, -0.25) is 4.79 Å². The lowest BCUT2D eigenvalue weighted by Gasteiger charge is -2.20. The number of fused-ring (bicyclic) bond motifs is 1. The number of nitrogens with zero attached hydrogens (tertiary/aromatic N) is 2. The summed E-state index contributed by atoms with van der Waals surface area (Å²) in [4.78, 5) is 20.7. The molecule has 0 fully saturated rings. The summed E-state index contributed by atoms with van der Waals surface area (Å²) in [7, 11) is 0. The summed E-state index contributed by atoms with van der Waals surface area (Å²) in [5.41, 5.74) is 3.76. The Hall–Kier alpha value is -2.14. The van der Waals surface area contributed by atoms with E-state index >= 15 is 0 Å². The molecule has 2 heterocycles. The Morgan fingerprint density at radius 1 is 1.36 bits per heavy atom. The summed E-state index contributed by atoms with van der Waals surface area (Å²) >= 11 is 0. The second-order valence-electron chi connectivity index (χ2n) is 5.14. The minimum atomic E-state index is -0.0492. The summed E-state index contributed by atoms with van der Waals surface area (Å²) in [6, 6.07) is 7.64. The number of aromatic nitrogens is 2. The molecule has 1 aromatic heterocycles. The van der Waals surface area contributed by atoms with Crippen LogP contribution < -0.4 is 10.6 Å². The van der Waals surface area contributed by atoms with Crippen LogP contribution in [-0.2, 0) is 13.0 Å². The van der Waals surface area contributed by atoms with E-state index < -0.39 is 0 Å². The van der Waals surface area contributed by atoms with E-state index in [4.69, 9.17) is 0 Å². The molecule has 1 amide bonds. The molecule has 3 rings (SSSR count). The number of rotatable bonds is 3. The largest absolute Gasteiger partial charge is 0.385 e. The van der Waals surface area contributed by atoms with E-state index in [1.165, 1.54) is 0 Å². The van der Waals surface area contributed by atoms with Crippen molar-refractivity contribution in [2.75, 3.05) is 11.9 Å². The summed E-state index contributed by atoms with van der Waals surface area (Å²) < 4.78 is 0. The quantitative estimate of drug-likeness (QED) is 0.912. The third kappa shape index (κ3) is 3.54. The molecule has 1 aliphatic heterocycles.